The molecule has 0 amide bonds. The molecular weight excluding hydrogens is 522 g/mol. The van der Waals surface area contributed by atoms with Crippen LogP contribution in [0.5, 0.6) is 11.5 Å². The van der Waals surface area contributed by atoms with E-state index in [4.69, 9.17) is 14.7 Å². The maximum atomic E-state index is 6.43. The van der Waals surface area contributed by atoms with Crippen LogP contribution in [-0.2, 0) is 0 Å². The Morgan fingerprint density at radius 1 is 0.610 bits per heavy atom. The van der Waals surface area contributed by atoms with Gasteiger partial charge < -0.3 is 4.74 Å². The number of fused-ring (bicyclic) bond motifs is 10. The first-order chi connectivity index (χ1) is 20.3. The predicted molar refractivity (Wildman–Crippen MR) is 170 cm³/mol. The third kappa shape index (κ3) is 2.83. The quantitative estimate of drug-likeness (QED) is 0.208. The third-order valence-corrected chi connectivity index (χ3v) is 9.57. The molecule has 1 aliphatic rings. The normalized spacial score (nSPS) is 12.6. The molecule has 0 N–H and O–H groups in total. The first kappa shape index (κ1) is 21.5. The minimum atomic E-state index is 0.668. The van der Waals surface area contributed by atoms with Crippen LogP contribution in [0, 0.1) is 0 Å². The minimum absolute atomic E-state index is 0.668. The average Bonchev–Trinajstić information content (AvgIpc) is 3.56. The SMILES string of the molecule is c1ccc2cc3c(cc2c1)Oc1cccc2nc(-n4c5ccccc5c5ccc6c7ccccc7sc6c54)nc-3c12. The zero-order valence-corrected chi connectivity index (χ0v) is 22.4. The zero-order valence-electron chi connectivity index (χ0n) is 21.6. The fourth-order valence-corrected chi connectivity index (χ4v) is 7.81. The maximum Gasteiger partial charge on any atom is 0.235 e. The number of aromatic nitrogens is 3. The van der Waals surface area contributed by atoms with Gasteiger partial charge in [0.25, 0.3) is 0 Å². The Hall–Kier alpha value is -5.26. The second-order valence-electron chi connectivity index (χ2n) is 10.6. The fourth-order valence-electron chi connectivity index (χ4n) is 6.57. The van der Waals surface area contributed by atoms with E-state index in [1.807, 2.05) is 23.5 Å². The van der Waals surface area contributed by atoms with Gasteiger partial charge in [-0.1, -0.05) is 78.9 Å². The van der Waals surface area contributed by atoms with Crippen molar-refractivity contribution in [3.63, 3.8) is 0 Å². The highest BCUT2D eigenvalue weighted by molar-refractivity contribution is 7.26. The van der Waals surface area contributed by atoms with E-state index in [9.17, 15) is 0 Å². The van der Waals surface area contributed by atoms with Crippen LogP contribution in [0.4, 0.5) is 0 Å². The Morgan fingerprint density at radius 2 is 1.39 bits per heavy atom. The van der Waals surface area contributed by atoms with Gasteiger partial charge in [0.2, 0.25) is 5.95 Å². The van der Waals surface area contributed by atoms with Gasteiger partial charge in [-0.15, -0.1) is 11.3 Å². The summed E-state index contributed by atoms with van der Waals surface area (Å²) in [5, 5.41) is 8.20. The lowest BCUT2D eigenvalue weighted by atomic mass is 9.98. The Balaban J connectivity index is 1.37. The van der Waals surface area contributed by atoms with Crippen LogP contribution >= 0.6 is 11.3 Å². The molecule has 0 saturated heterocycles. The largest absolute Gasteiger partial charge is 0.456 e. The standard InChI is InChI=1S/C36H19N3OS/c1-2-9-21-19-30-26(18-20(21)8-1)33-32-27(12-7-14-29(32)40-30)37-36(38-33)39-28-13-5-3-10-22(28)24-16-17-25-23-11-4-6-15-31(23)41-35(25)34(24)39/h1-19H. The van der Waals surface area contributed by atoms with Gasteiger partial charge in [0.05, 0.1) is 32.3 Å². The highest BCUT2D eigenvalue weighted by Gasteiger charge is 2.26. The number of benzene rings is 6. The highest BCUT2D eigenvalue weighted by atomic mass is 32.1. The fraction of sp³-hybridized carbons (Fsp3) is 0. The van der Waals surface area contributed by atoms with Crippen LogP contribution in [0.3, 0.4) is 0 Å². The maximum absolute atomic E-state index is 6.43. The molecule has 4 nitrogen and oxygen atoms in total. The van der Waals surface area contributed by atoms with Gasteiger partial charge in [-0.3, -0.25) is 4.57 Å². The second-order valence-corrected chi connectivity index (χ2v) is 11.7. The van der Waals surface area contributed by atoms with Crippen LogP contribution in [0.2, 0.25) is 0 Å². The molecule has 0 unspecified atom stereocenters. The average molecular weight is 542 g/mol. The summed E-state index contributed by atoms with van der Waals surface area (Å²) in [7, 11) is 0. The number of thiophene rings is 1. The van der Waals surface area contributed by atoms with Gasteiger partial charge in [-0.2, -0.15) is 0 Å². The Kier molecular flexibility index (Phi) is 4.04. The first-order valence-corrected chi connectivity index (χ1v) is 14.5. The summed E-state index contributed by atoms with van der Waals surface area (Å²) in [4.78, 5) is 10.6. The molecule has 0 atom stereocenters. The molecule has 9 aromatic rings. The van der Waals surface area contributed by atoms with E-state index >= 15 is 0 Å². The Bertz CT molecular complexity index is 2580. The molecule has 5 heteroatoms. The Labute approximate surface area is 237 Å². The first-order valence-electron chi connectivity index (χ1n) is 13.7. The van der Waals surface area contributed by atoms with Crippen molar-refractivity contribution in [3.05, 3.63) is 115 Å². The van der Waals surface area contributed by atoms with E-state index in [0.717, 1.165) is 55.5 Å². The molecule has 0 bridgehead atoms. The van der Waals surface area contributed by atoms with Crippen molar-refractivity contribution in [2.45, 2.75) is 0 Å². The van der Waals surface area contributed by atoms with Crippen molar-refractivity contribution < 1.29 is 4.74 Å². The van der Waals surface area contributed by atoms with Crippen molar-refractivity contribution in [1.82, 2.24) is 14.5 Å². The van der Waals surface area contributed by atoms with Gasteiger partial charge in [-0.25, -0.2) is 9.97 Å². The molecule has 0 saturated carbocycles. The van der Waals surface area contributed by atoms with Gasteiger partial charge in [-0.05, 0) is 47.2 Å². The van der Waals surface area contributed by atoms with E-state index in [0.29, 0.717) is 5.95 Å². The topological polar surface area (TPSA) is 39.9 Å². The number of rotatable bonds is 1. The molecule has 3 aromatic heterocycles. The van der Waals surface area contributed by atoms with Crippen molar-refractivity contribution in [1.29, 1.82) is 0 Å². The molecular formula is C36H19N3OS. The minimum Gasteiger partial charge on any atom is -0.456 e. The molecule has 0 radical (unpaired) electrons. The zero-order chi connectivity index (χ0) is 26.7. The summed E-state index contributed by atoms with van der Waals surface area (Å²) >= 11 is 1.84. The summed E-state index contributed by atoms with van der Waals surface area (Å²) in [6.45, 7) is 0. The summed E-state index contributed by atoms with van der Waals surface area (Å²) in [6.07, 6.45) is 0. The van der Waals surface area contributed by atoms with Crippen molar-refractivity contribution in [2.24, 2.45) is 0 Å². The second kappa shape index (κ2) is 7.68. The number of ether oxygens (including phenoxy) is 1. The number of para-hydroxylation sites is 1. The van der Waals surface area contributed by atoms with Crippen molar-refractivity contribution in [3.8, 4) is 28.7 Å². The lowest BCUT2D eigenvalue weighted by molar-refractivity contribution is 0.487. The smallest absolute Gasteiger partial charge is 0.235 e. The molecule has 10 rings (SSSR count). The highest BCUT2D eigenvalue weighted by Crippen LogP contribution is 2.48. The van der Waals surface area contributed by atoms with E-state index < -0.39 is 0 Å². The molecule has 6 aromatic carbocycles. The van der Waals surface area contributed by atoms with Crippen LogP contribution in [-0.4, -0.2) is 14.5 Å². The lowest BCUT2D eigenvalue weighted by Crippen LogP contribution is -2.06. The van der Waals surface area contributed by atoms with Crippen LogP contribution in [0.25, 0.3) is 80.9 Å². The van der Waals surface area contributed by atoms with Gasteiger partial charge in [0, 0.05) is 31.8 Å². The van der Waals surface area contributed by atoms with Gasteiger partial charge in [0.1, 0.15) is 11.5 Å². The lowest BCUT2D eigenvalue weighted by Gasteiger charge is -2.21. The molecule has 190 valence electrons. The summed E-state index contributed by atoms with van der Waals surface area (Å²) in [5.41, 5.74) is 5.01. The third-order valence-electron chi connectivity index (χ3n) is 8.38. The monoisotopic (exact) mass is 541 g/mol. The van der Waals surface area contributed by atoms with E-state index in [1.54, 1.807) is 0 Å². The van der Waals surface area contributed by atoms with E-state index in [-0.39, 0.29) is 0 Å². The molecule has 41 heavy (non-hydrogen) atoms. The molecule has 4 heterocycles. The van der Waals surface area contributed by atoms with Crippen molar-refractivity contribution in [2.75, 3.05) is 0 Å². The van der Waals surface area contributed by atoms with E-state index in [1.165, 1.54) is 30.9 Å². The van der Waals surface area contributed by atoms with E-state index in [2.05, 4.69) is 108 Å². The van der Waals surface area contributed by atoms with Crippen LogP contribution < -0.4 is 4.74 Å². The molecule has 0 aliphatic carbocycles. The number of hydrogen-bond acceptors (Lipinski definition) is 4. The molecule has 0 fully saturated rings. The predicted octanol–water partition coefficient (Wildman–Crippen LogP) is 10.0. The molecule has 0 spiro atoms. The van der Waals surface area contributed by atoms with Crippen LogP contribution in [0.15, 0.2) is 115 Å². The Morgan fingerprint density at radius 3 is 2.32 bits per heavy atom. The number of hydrogen-bond donors (Lipinski definition) is 0. The van der Waals surface area contributed by atoms with Gasteiger partial charge >= 0.3 is 0 Å². The number of nitrogens with zero attached hydrogens (tertiary/aromatic N) is 3. The van der Waals surface area contributed by atoms with Crippen molar-refractivity contribution >= 4 is 75.0 Å². The van der Waals surface area contributed by atoms with Crippen LogP contribution in [0.1, 0.15) is 0 Å². The molecule has 1 aliphatic heterocycles. The summed E-state index contributed by atoms with van der Waals surface area (Å²) in [5.74, 6) is 2.28. The summed E-state index contributed by atoms with van der Waals surface area (Å²) < 4.78 is 11.2. The van der Waals surface area contributed by atoms with Gasteiger partial charge in [0.15, 0.2) is 0 Å². The summed E-state index contributed by atoms with van der Waals surface area (Å²) in [6, 6.07) is 40.5.